The van der Waals surface area contributed by atoms with Crippen LogP contribution in [-0.2, 0) is 0 Å². The van der Waals surface area contributed by atoms with E-state index in [0.717, 1.165) is 20.1 Å². The second-order valence-corrected chi connectivity index (χ2v) is 7.36. The Morgan fingerprint density at radius 2 is 1.71 bits per heavy atom. The zero-order chi connectivity index (χ0) is 13.5. The van der Waals surface area contributed by atoms with Crippen molar-refractivity contribution in [2.45, 2.75) is 11.8 Å². The van der Waals surface area contributed by atoms with Crippen molar-refractivity contribution in [3.8, 4) is 5.75 Å². The molecule has 0 spiro atoms. The fourth-order valence-corrected chi connectivity index (χ4v) is 2.02. The number of benzene rings is 1. The Labute approximate surface area is 96.0 Å². The first-order valence-electron chi connectivity index (χ1n) is 4.53. The van der Waals surface area contributed by atoms with Crippen LogP contribution in [0.2, 0.25) is 0 Å². The van der Waals surface area contributed by atoms with E-state index in [1.807, 2.05) is 0 Å². The van der Waals surface area contributed by atoms with E-state index in [0.29, 0.717) is 12.1 Å². The number of halogens is 4. The fraction of sp³-hybridized carbons (Fsp3) is 0.300. The first kappa shape index (κ1) is 13.8. The molecule has 0 aliphatic carbocycles. The summed E-state index contributed by atoms with van der Waals surface area (Å²) in [7, 11) is -7.15. The molecule has 1 rings (SSSR count). The number of ether oxygens (including phenoxy) is 1. The Morgan fingerprint density at radius 3 is 2.06 bits per heavy atom. The van der Waals surface area contributed by atoms with Gasteiger partial charge in [0, 0.05) is 11.6 Å². The molecule has 0 bridgehead atoms. The van der Waals surface area contributed by atoms with Crippen LogP contribution in [0.25, 0.3) is 0 Å². The smallest absolute Gasteiger partial charge is 0.184 e. The van der Waals surface area contributed by atoms with Crippen LogP contribution in [0.3, 0.4) is 0 Å². The summed E-state index contributed by atoms with van der Waals surface area (Å²) in [5.41, 5.74) is -0.239. The van der Waals surface area contributed by atoms with Crippen LogP contribution in [0.5, 0.6) is 5.75 Å². The number of hydrogen-bond donors (Lipinski definition) is 0. The summed E-state index contributed by atoms with van der Waals surface area (Å²) >= 11 is 0. The minimum atomic E-state index is -8.30. The lowest BCUT2D eigenvalue weighted by molar-refractivity contribution is 0.101. The molecule has 1 aromatic rings. The Balaban J connectivity index is 3.58. The average Bonchev–Trinajstić information content (AvgIpc) is 2.13. The third-order valence-electron chi connectivity index (χ3n) is 2.11. The highest BCUT2D eigenvalue weighted by Gasteiger charge is 2.59. The van der Waals surface area contributed by atoms with Crippen LogP contribution < -0.4 is 4.74 Å². The molecule has 0 fully saturated rings. The maximum Gasteiger partial charge on any atom is 0.184 e. The van der Waals surface area contributed by atoms with E-state index in [4.69, 9.17) is 0 Å². The molecule has 0 atom stereocenters. The van der Waals surface area contributed by atoms with Crippen molar-refractivity contribution in [3.05, 3.63) is 23.8 Å². The Morgan fingerprint density at radius 1 is 1.18 bits per heavy atom. The van der Waals surface area contributed by atoms with E-state index in [1.165, 1.54) is 0 Å². The van der Waals surface area contributed by atoms with Gasteiger partial charge in [-0.2, -0.15) is 0 Å². The number of carbonyl (C=O) groups excluding carboxylic acids is 1. The summed E-state index contributed by atoms with van der Waals surface area (Å²) in [6.07, 6.45) is -0.390. The minimum Gasteiger partial charge on any atom is -0.497 e. The maximum absolute atomic E-state index is 13.2. The van der Waals surface area contributed by atoms with Gasteiger partial charge in [-0.3, -0.25) is 4.79 Å². The molecule has 7 heteroatoms. The highest BCUT2D eigenvalue weighted by atomic mass is 32.5. The van der Waals surface area contributed by atoms with Crippen LogP contribution in [-0.4, -0.2) is 19.1 Å². The monoisotopic (exact) mass is 272 g/mol. The topological polar surface area (TPSA) is 26.3 Å². The van der Waals surface area contributed by atoms with Crippen molar-refractivity contribution in [2.75, 3.05) is 13.4 Å². The SMILES string of the molecule is COc1cc(C(C)=O)cc(S(C)(F)(F)(F)F)c1. The minimum absolute atomic E-state index is 0.204. The molecule has 1 aromatic carbocycles. The van der Waals surface area contributed by atoms with Crippen LogP contribution in [0.15, 0.2) is 23.1 Å². The second kappa shape index (κ2) is 3.16. The van der Waals surface area contributed by atoms with Gasteiger partial charge in [-0.1, -0.05) is 0 Å². The van der Waals surface area contributed by atoms with E-state index in [1.54, 1.807) is 0 Å². The maximum atomic E-state index is 13.2. The van der Waals surface area contributed by atoms with E-state index < -0.39 is 26.8 Å². The van der Waals surface area contributed by atoms with Crippen molar-refractivity contribution in [3.63, 3.8) is 0 Å². The summed E-state index contributed by atoms with van der Waals surface area (Å²) in [6.45, 7) is 1.10. The predicted octanol–water partition coefficient (Wildman–Crippen LogP) is 4.30. The van der Waals surface area contributed by atoms with E-state index in [9.17, 15) is 20.3 Å². The van der Waals surface area contributed by atoms with Gasteiger partial charge in [-0.15, -0.1) is 15.5 Å². The number of methoxy groups -OCH3 is 1. The van der Waals surface area contributed by atoms with Gasteiger partial charge < -0.3 is 4.74 Å². The molecule has 0 aliphatic heterocycles. The number of hydrogen-bond acceptors (Lipinski definition) is 2. The average molecular weight is 272 g/mol. The molecular weight excluding hydrogens is 260 g/mol. The van der Waals surface area contributed by atoms with Gasteiger partial charge >= 0.3 is 0 Å². The molecule has 0 amide bonds. The lowest BCUT2D eigenvalue weighted by Gasteiger charge is -2.46. The first-order valence-corrected chi connectivity index (χ1v) is 6.99. The van der Waals surface area contributed by atoms with Crippen LogP contribution in [0, 0.1) is 0 Å². The van der Waals surface area contributed by atoms with Gasteiger partial charge in [0.1, 0.15) is 5.75 Å². The number of carbonyl (C=O) groups is 1. The molecule has 0 saturated carbocycles. The van der Waals surface area contributed by atoms with Crippen molar-refractivity contribution in [2.24, 2.45) is 0 Å². The first-order chi connectivity index (χ1) is 7.33. The predicted molar refractivity (Wildman–Crippen MR) is 59.2 cm³/mol. The number of rotatable bonds is 3. The Bertz CT molecular complexity index is 478. The standard InChI is InChI=1S/C10H12F4O2S/c1-7(15)8-4-9(16-2)6-10(5-8)17(3,11,12,13)14/h4-6H,1-3H3. The molecule has 0 aliphatic rings. The number of Topliss-reactive ketones (excluding diaryl/α,β-unsaturated/α-hetero) is 1. The highest BCUT2D eigenvalue weighted by molar-refractivity contribution is 8.49. The normalized spacial score (nSPS) is 15.9. The summed E-state index contributed by atoms with van der Waals surface area (Å²) in [4.78, 5) is 9.61. The number of ketones is 1. The summed E-state index contributed by atoms with van der Waals surface area (Å²) in [5, 5.41) is 0. The molecule has 0 heterocycles. The van der Waals surface area contributed by atoms with Crippen LogP contribution in [0.1, 0.15) is 17.3 Å². The van der Waals surface area contributed by atoms with Crippen LogP contribution >= 0.6 is 9.84 Å². The van der Waals surface area contributed by atoms with E-state index in [2.05, 4.69) is 4.74 Å². The summed E-state index contributed by atoms with van der Waals surface area (Å²) in [6, 6.07) is 2.19. The largest absolute Gasteiger partial charge is 0.497 e. The van der Waals surface area contributed by atoms with Gasteiger partial charge in [0.05, 0.1) is 18.3 Å². The molecular formula is C10H12F4O2S. The van der Waals surface area contributed by atoms with Crippen molar-refractivity contribution in [1.29, 1.82) is 0 Å². The molecule has 17 heavy (non-hydrogen) atoms. The van der Waals surface area contributed by atoms with Crippen molar-refractivity contribution < 1.29 is 25.1 Å². The van der Waals surface area contributed by atoms with E-state index >= 15 is 0 Å². The van der Waals surface area contributed by atoms with Gasteiger partial charge in [-0.25, -0.2) is 0 Å². The molecule has 0 unspecified atom stereocenters. The van der Waals surface area contributed by atoms with Crippen molar-refractivity contribution in [1.82, 2.24) is 0 Å². The van der Waals surface area contributed by atoms with Gasteiger partial charge in [0.2, 0.25) is 0 Å². The molecule has 0 N–H and O–H groups in total. The quantitative estimate of drug-likeness (QED) is 0.605. The molecule has 0 radical (unpaired) electrons. The zero-order valence-electron chi connectivity index (χ0n) is 9.47. The fourth-order valence-electron chi connectivity index (χ4n) is 1.19. The summed E-state index contributed by atoms with van der Waals surface area (Å²) < 4.78 is 57.5. The molecule has 0 aromatic heterocycles. The molecule has 2 nitrogen and oxygen atoms in total. The Hall–Kier alpha value is -1.24. The van der Waals surface area contributed by atoms with Gasteiger partial charge in [0.25, 0.3) is 0 Å². The lowest BCUT2D eigenvalue weighted by Crippen LogP contribution is -2.12. The highest BCUT2D eigenvalue weighted by Crippen LogP contribution is 2.98. The molecule has 98 valence electrons. The molecule has 0 saturated heterocycles. The Kier molecular flexibility index (Phi) is 2.57. The van der Waals surface area contributed by atoms with E-state index in [-0.39, 0.29) is 11.3 Å². The lowest BCUT2D eigenvalue weighted by atomic mass is 10.1. The third-order valence-corrected chi connectivity index (χ3v) is 3.53. The van der Waals surface area contributed by atoms with Crippen molar-refractivity contribution >= 4 is 15.6 Å². The third kappa shape index (κ3) is 3.36. The zero-order valence-corrected chi connectivity index (χ0v) is 10.3. The second-order valence-electron chi connectivity index (χ2n) is 3.93. The van der Waals surface area contributed by atoms with Gasteiger partial charge in [-0.05, 0) is 19.1 Å². The van der Waals surface area contributed by atoms with Crippen LogP contribution in [0.4, 0.5) is 15.5 Å². The van der Waals surface area contributed by atoms with Gasteiger partial charge in [0.15, 0.2) is 15.6 Å². The summed E-state index contributed by atoms with van der Waals surface area (Å²) in [5.74, 6) is -0.794.